The number of nitrogens with zero attached hydrogens (tertiary/aromatic N) is 2. The maximum Gasteiger partial charge on any atom is 0.214 e. The number of aryl methyl sites for hydroxylation is 1. The maximum atomic E-state index is 6.43. The lowest BCUT2D eigenvalue weighted by molar-refractivity contribution is -0.0191. The van der Waals surface area contributed by atoms with Crippen LogP contribution in [-0.2, 0) is 0 Å². The summed E-state index contributed by atoms with van der Waals surface area (Å²) in [5, 5.41) is 7.73. The number of halogens is 1. The number of hydrazone groups is 1. The predicted octanol–water partition coefficient (Wildman–Crippen LogP) is 5.91. The van der Waals surface area contributed by atoms with Gasteiger partial charge >= 0.3 is 0 Å². The highest BCUT2D eigenvalue weighted by atomic mass is 35.5. The number of benzene rings is 3. The molecule has 0 unspecified atom stereocenters. The second-order valence-corrected chi connectivity index (χ2v) is 8.22. The van der Waals surface area contributed by atoms with Gasteiger partial charge in [-0.25, -0.2) is 5.01 Å². The van der Waals surface area contributed by atoms with Gasteiger partial charge in [0.25, 0.3) is 0 Å². The van der Waals surface area contributed by atoms with Crippen molar-refractivity contribution in [2.24, 2.45) is 5.10 Å². The van der Waals surface area contributed by atoms with Crippen molar-refractivity contribution in [1.29, 1.82) is 0 Å². The van der Waals surface area contributed by atoms with E-state index in [-0.39, 0.29) is 12.3 Å². The molecule has 0 bridgehead atoms. The Hall–Kier alpha value is -3.18. The lowest BCUT2D eigenvalue weighted by atomic mass is 9.95. The number of ether oxygens (including phenoxy) is 3. The van der Waals surface area contributed by atoms with Crippen LogP contribution in [0.2, 0.25) is 5.02 Å². The molecule has 0 fully saturated rings. The van der Waals surface area contributed by atoms with Gasteiger partial charge in [0.2, 0.25) is 6.23 Å². The highest BCUT2D eigenvalue weighted by Gasteiger charge is 2.41. The van der Waals surface area contributed by atoms with Crippen molar-refractivity contribution in [3.05, 3.63) is 87.9 Å². The largest absolute Gasteiger partial charge is 0.493 e. The van der Waals surface area contributed by atoms with Crippen LogP contribution in [0.15, 0.2) is 65.8 Å². The third kappa shape index (κ3) is 3.49. The van der Waals surface area contributed by atoms with Gasteiger partial charge < -0.3 is 14.2 Å². The third-order valence-corrected chi connectivity index (χ3v) is 6.06. The minimum Gasteiger partial charge on any atom is -0.493 e. The number of hydrogen-bond donors (Lipinski definition) is 0. The molecule has 0 N–H and O–H groups in total. The zero-order chi connectivity index (χ0) is 21.5. The van der Waals surface area contributed by atoms with Gasteiger partial charge in [0.1, 0.15) is 5.75 Å². The van der Waals surface area contributed by atoms with Gasteiger partial charge in [0, 0.05) is 22.6 Å². The molecule has 0 saturated heterocycles. The third-order valence-electron chi connectivity index (χ3n) is 5.83. The standard InChI is InChI=1S/C25H23ClN2O3/c1-15-4-6-16(7-5-15)20-14-21-19-13-18(26)9-11-22(19)31-25(28(21)27-20)17-8-10-23(29-2)24(12-17)30-3/h4-13,21,25H,14H2,1-3H3/t21-,25+/m0/s1. The molecule has 0 aromatic heterocycles. The van der Waals surface area contributed by atoms with Gasteiger partial charge in [-0.15, -0.1) is 0 Å². The van der Waals surface area contributed by atoms with Gasteiger partial charge in [-0.05, 0) is 48.9 Å². The van der Waals surface area contributed by atoms with Crippen LogP contribution in [0, 0.1) is 6.92 Å². The maximum absolute atomic E-state index is 6.43. The molecule has 5 nitrogen and oxygen atoms in total. The summed E-state index contributed by atoms with van der Waals surface area (Å²) in [7, 11) is 3.26. The monoisotopic (exact) mass is 434 g/mol. The molecule has 3 aromatic rings. The minimum atomic E-state index is -0.388. The van der Waals surface area contributed by atoms with Crippen LogP contribution in [0.4, 0.5) is 0 Å². The summed E-state index contributed by atoms with van der Waals surface area (Å²) in [6.07, 6.45) is 0.394. The SMILES string of the molecule is COc1ccc([C@H]2Oc3ccc(Cl)cc3[C@@H]3CC(c4ccc(C)cc4)=NN23)cc1OC. The lowest BCUT2D eigenvalue weighted by Gasteiger charge is -2.38. The molecule has 5 rings (SSSR count). The van der Waals surface area contributed by atoms with E-state index >= 15 is 0 Å². The molecule has 2 atom stereocenters. The van der Waals surface area contributed by atoms with E-state index in [0.29, 0.717) is 16.5 Å². The Morgan fingerprint density at radius 2 is 1.74 bits per heavy atom. The highest BCUT2D eigenvalue weighted by molar-refractivity contribution is 6.30. The first-order valence-corrected chi connectivity index (χ1v) is 10.6. The Kier molecular flexibility index (Phi) is 4.98. The predicted molar refractivity (Wildman–Crippen MR) is 121 cm³/mol. The molecule has 0 spiro atoms. The summed E-state index contributed by atoms with van der Waals surface area (Å²) < 4.78 is 17.3. The summed E-state index contributed by atoms with van der Waals surface area (Å²) in [6.45, 7) is 2.09. The van der Waals surface area contributed by atoms with E-state index < -0.39 is 0 Å². The summed E-state index contributed by atoms with van der Waals surface area (Å²) in [4.78, 5) is 0. The first-order chi connectivity index (χ1) is 15.1. The van der Waals surface area contributed by atoms with E-state index in [1.165, 1.54) is 5.56 Å². The molecule has 3 aromatic carbocycles. The van der Waals surface area contributed by atoms with Crippen LogP contribution >= 0.6 is 11.6 Å². The molecular formula is C25H23ClN2O3. The van der Waals surface area contributed by atoms with Crippen LogP contribution in [-0.4, -0.2) is 24.9 Å². The van der Waals surface area contributed by atoms with E-state index in [4.69, 9.17) is 30.9 Å². The Labute approximate surface area is 186 Å². The van der Waals surface area contributed by atoms with Gasteiger partial charge in [0.15, 0.2) is 11.5 Å². The van der Waals surface area contributed by atoms with Gasteiger partial charge in [0.05, 0.1) is 26.0 Å². The van der Waals surface area contributed by atoms with Crippen LogP contribution in [0.3, 0.4) is 0 Å². The van der Waals surface area contributed by atoms with Crippen molar-refractivity contribution in [3.8, 4) is 17.2 Å². The Morgan fingerprint density at radius 1 is 0.968 bits per heavy atom. The summed E-state index contributed by atoms with van der Waals surface area (Å²) in [5.41, 5.74) is 5.37. The van der Waals surface area contributed by atoms with Crippen LogP contribution in [0.1, 0.15) is 40.9 Å². The molecule has 0 saturated carbocycles. The number of methoxy groups -OCH3 is 2. The highest BCUT2D eigenvalue weighted by Crippen LogP contribution is 2.48. The molecule has 2 aliphatic rings. The molecule has 0 radical (unpaired) electrons. The zero-order valence-electron chi connectivity index (χ0n) is 17.6. The van der Waals surface area contributed by atoms with Crippen molar-refractivity contribution in [2.45, 2.75) is 25.6 Å². The van der Waals surface area contributed by atoms with Crippen molar-refractivity contribution in [1.82, 2.24) is 5.01 Å². The van der Waals surface area contributed by atoms with E-state index in [0.717, 1.165) is 34.6 Å². The van der Waals surface area contributed by atoms with E-state index in [1.54, 1.807) is 14.2 Å². The fourth-order valence-electron chi connectivity index (χ4n) is 4.20. The Morgan fingerprint density at radius 3 is 2.48 bits per heavy atom. The Balaban J connectivity index is 1.60. The number of rotatable bonds is 4. The molecule has 2 aliphatic heterocycles. The van der Waals surface area contributed by atoms with E-state index in [2.05, 4.69) is 31.2 Å². The zero-order valence-corrected chi connectivity index (χ0v) is 18.4. The van der Waals surface area contributed by atoms with E-state index in [1.807, 2.05) is 41.4 Å². The van der Waals surface area contributed by atoms with E-state index in [9.17, 15) is 0 Å². The molecule has 0 amide bonds. The Bertz CT molecular complexity index is 1160. The van der Waals surface area contributed by atoms with Crippen molar-refractivity contribution in [3.63, 3.8) is 0 Å². The molecule has 0 aliphatic carbocycles. The van der Waals surface area contributed by atoms with Crippen molar-refractivity contribution < 1.29 is 14.2 Å². The normalized spacial score (nSPS) is 19.2. The number of hydrogen-bond acceptors (Lipinski definition) is 5. The first kappa shape index (κ1) is 19.8. The first-order valence-electron chi connectivity index (χ1n) is 10.2. The van der Waals surface area contributed by atoms with Gasteiger partial charge in [-0.2, -0.15) is 5.10 Å². The lowest BCUT2D eigenvalue weighted by Crippen LogP contribution is -2.33. The minimum absolute atomic E-state index is 0.0387. The summed E-state index contributed by atoms with van der Waals surface area (Å²) >= 11 is 6.32. The van der Waals surface area contributed by atoms with Crippen molar-refractivity contribution in [2.75, 3.05) is 14.2 Å². The molecule has 31 heavy (non-hydrogen) atoms. The molecule has 6 heteroatoms. The fourth-order valence-corrected chi connectivity index (χ4v) is 4.39. The second kappa shape index (κ2) is 7.82. The summed E-state index contributed by atoms with van der Waals surface area (Å²) in [6, 6.07) is 20.1. The smallest absolute Gasteiger partial charge is 0.214 e. The molecule has 2 heterocycles. The van der Waals surface area contributed by atoms with Gasteiger partial charge in [-0.1, -0.05) is 41.4 Å². The fraction of sp³-hybridized carbons (Fsp3) is 0.240. The number of fused-ring (bicyclic) bond motifs is 3. The topological polar surface area (TPSA) is 43.3 Å². The molecular weight excluding hydrogens is 412 g/mol. The van der Waals surface area contributed by atoms with Crippen molar-refractivity contribution >= 4 is 17.3 Å². The van der Waals surface area contributed by atoms with Crippen LogP contribution in [0.5, 0.6) is 17.2 Å². The average molecular weight is 435 g/mol. The molecule has 158 valence electrons. The average Bonchev–Trinajstić information content (AvgIpc) is 3.24. The van der Waals surface area contributed by atoms with Crippen LogP contribution in [0.25, 0.3) is 0 Å². The second-order valence-electron chi connectivity index (χ2n) is 7.78. The van der Waals surface area contributed by atoms with Gasteiger partial charge in [-0.3, -0.25) is 0 Å². The van der Waals surface area contributed by atoms with Crippen LogP contribution < -0.4 is 14.2 Å². The summed E-state index contributed by atoms with van der Waals surface area (Å²) in [5.74, 6) is 2.16. The quantitative estimate of drug-likeness (QED) is 0.512.